The number of aromatic nitrogens is 1. The number of nitrogens with one attached hydrogen (secondary N) is 1. The molecule has 2 N–H and O–H groups in total. The number of aromatic amines is 1. The molecule has 6 heteroatoms. The number of para-hydroxylation sites is 1. The zero-order valence-corrected chi connectivity index (χ0v) is 15.1. The lowest BCUT2D eigenvalue weighted by Crippen LogP contribution is -2.28. The van der Waals surface area contributed by atoms with E-state index in [1.54, 1.807) is 36.4 Å². The number of benzene rings is 3. The van der Waals surface area contributed by atoms with Crippen molar-refractivity contribution >= 4 is 23.7 Å². The van der Waals surface area contributed by atoms with Gasteiger partial charge in [0, 0.05) is 5.69 Å². The molecule has 0 radical (unpaired) electrons. The molecule has 134 valence electrons. The smallest absolute Gasteiger partial charge is 0.413 e. The Bertz CT molecular complexity index is 1220. The molecule has 4 aromatic rings. The fraction of sp³-hybridized carbons (Fsp3) is 0. The van der Waals surface area contributed by atoms with Gasteiger partial charge in [0.2, 0.25) is 0 Å². The quantitative estimate of drug-likeness (QED) is 0.525. The first-order valence-corrected chi connectivity index (χ1v) is 9.91. The molecule has 1 aromatic heterocycles. The summed E-state index contributed by atoms with van der Waals surface area (Å²) in [5.74, 6) is 0.223. The van der Waals surface area contributed by atoms with Crippen LogP contribution in [0.5, 0.6) is 5.75 Å². The van der Waals surface area contributed by atoms with Gasteiger partial charge in [0.25, 0.3) is 5.56 Å². The largest absolute Gasteiger partial charge is 0.421 e. The molecule has 0 saturated heterocycles. The van der Waals surface area contributed by atoms with Crippen molar-refractivity contribution in [2.45, 2.75) is 0 Å². The maximum absolute atomic E-state index is 12.5. The second kappa shape index (κ2) is 6.88. The van der Waals surface area contributed by atoms with Gasteiger partial charge in [-0.1, -0.05) is 54.6 Å². The number of hydrogen-bond donors (Lipinski definition) is 2. The molecule has 1 unspecified atom stereocenters. The van der Waals surface area contributed by atoms with E-state index < -0.39 is 13.2 Å². The van der Waals surface area contributed by atoms with Gasteiger partial charge in [-0.25, -0.2) is 4.57 Å². The van der Waals surface area contributed by atoms with Crippen molar-refractivity contribution in [2.75, 3.05) is 0 Å². The lowest BCUT2D eigenvalue weighted by Gasteiger charge is -2.13. The molecular weight excluding hydrogens is 361 g/mol. The zero-order valence-electron chi connectivity index (χ0n) is 14.2. The van der Waals surface area contributed by atoms with Crippen molar-refractivity contribution in [1.82, 2.24) is 4.98 Å². The van der Waals surface area contributed by atoms with E-state index in [4.69, 9.17) is 4.52 Å². The minimum atomic E-state index is -4.30. The molecule has 0 spiro atoms. The molecule has 0 aliphatic heterocycles. The first kappa shape index (κ1) is 17.3. The Kier molecular flexibility index (Phi) is 4.40. The Morgan fingerprint density at radius 2 is 1.52 bits per heavy atom. The third-order valence-corrected chi connectivity index (χ3v) is 5.65. The number of H-pyrrole nitrogens is 1. The summed E-state index contributed by atoms with van der Waals surface area (Å²) < 4.78 is 17.7. The molecule has 0 saturated carbocycles. The standard InChI is InChI=1S/C21H16NO4P/c23-21-20(27(24,25)26-18-8-2-1-3-9-18)13-12-19(22-21)17-11-10-15-6-4-5-7-16(15)14-17/h1-14H,(H,22,23)(H,24,25). The normalized spacial score (nSPS) is 13.2. The van der Waals surface area contributed by atoms with Crippen molar-refractivity contribution in [3.05, 3.63) is 95.3 Å². The molecule has 0 aliphatic rings. The number of pyridine rings is 1. The van der Waals surface area contributed by atoms with Gasteiger partial charge in [-0.2, -0.15) is 0 Å². The van der Waals surface area contributed by atoms with Gasteiger partial charge in [0.05, 0.1) is 0 Å². The predicted octanol–water partition coefficient (Wildman–Crippen LogP) is 4.08. The summed E-state index contributed by atoms with van der Waals surface area (Å²) in [6, 6.07) is 24.9. The Hall–Kier alpha value is -3.14. The van der Waals surface area contributed by atoms with E-state index in [0.29, 0.717) is 5.69 Å². The van der Waals surface area contributed by atoms with Crippen molar-refractivity contribution in [3.63, 3.8) is 0 Å². The summed E-state index contributed by atoms with van der Waals surface area (Å²) in [6.07, 6.45) is 0. The lowest BCUT2D eigenvalue weighted by molar-refractivity contribution is 0.393. The Morgan fingerprint density at radius 3 is 2.26 bits per heavy atom. The van der Waals surface area contributed by atoms with E-state index in [2.05, 4.69) is 4.98 Å². The third kappa shape index (κ3) is 3.56. The van der Waals surface area contributed by atoms with Gasteiger partial charge in [0.1, 0.15) is 11.1 Å². The van der Waals surface area contributed by atoms with Crippen molar-refractivity contribution < 1.29 is 14.0 Å². The van der Waals surface area contributed by atoms with Gasteiger partial charge in [-0.05, 0) is 46.7 Å². The van der Waals surface area contributed by atoms with Crippen LogP contribution in [0, 0.1) is 0 Å². The first-order valence-electron chi connectivity index (χ1n) is 8.33. The highest BCUT2D eigenvalue weighted by Gasteiger charge is 2.28. The van der Waals surface area contributed by atoms with E-state index in [1.165, 1.54) is 6.07 Å². The van der Waals surface area contributed by atoms with Crippen LogP contribution in [-0.4, -0.2) is 9.88 Å². The summed E-state index contributed by atoms with van der Waals surface area (Å²) in [4.78, 5) is 25.4. The molecule has 0 fully saturated rings. The van der Waals surface area contributed by atoms with E-state index in [9.17, 15) is 14.3 Å². The van der Waals surface area contributed by atoms with Gasteiger partial charge in [-0.3, -0.25) is 4.79 Å². The second-order valence-corrected chi connectivity index (χ2v) is 7.78. The third-order valence-electron chi connectivity index (χ3n) is 4.23. The fourth-order valence-corrected chi connectivity index (χ4v) is 3.97. The zero-order chi connectivity index (χ0) is 18.9. The average Bonchev–Trinajstić information content (AvgIpc) is 2.67. The summed E-state index contributed by atoms with van der Waals surface area (Å²) in [7, 11) is -4.30. The van der Waals surface area contributed by atoms with Crippen LogP contribution < -0.4 is 15.4 Å². The molecule has 3 aromatic carbocycles. The predicted molar refractivity (Wildman–Crippen MR) is 107 cm³/mol. The molecular formula is C21H16NO4P. The van der Waals surface area contributed by atoms with E-state index in [1.807, 2.05) is 42.5 Å². The van der Waals surface area contributed by atoms with Crippen molar-refractivity contribution in [3.8, 4) is 17.0 Å². The Morgan fingerprint density at radius 1 is 0.815 bits per heavy atom. The molecule has 0 bridgehead atoms. The number of fused-ring (bicyclic) bond motifs is 1. The molecule has 1 atom stereocenters. The van der Waals surface area contributed by atoms with Crippen LogP contribution in [0.25, 0.3) is 22.0 Å². The molecule has 4 rings (SSSR count). The number of rotatable bonds is 4. The summed E-state index contributed by atoms with van der Waals surface area (Å²) in [5, 5.41) is 1.84. The maximum atomic E-state index is 12.5. The summed E-state index contributed by atoms with van der Waals surface area (Å²) >= 11 is 0. The minimum Gasteiger partial charge on any atom is -0.421 e. The topological polar surface area (TPSA) is 79.4 Å². The summed E-state index contributed by atoms with van der Waals surface area (Å²) in [6.45, 7) is 0. The van der Waals surface area contributed by atoms with E-state index >= 15 is 0 Å². The van der Waals surface area contributed by atoms with Crippen molar-refractivity contribution in [2.24, 2.45) is 0 Å². The average molecular weight is 377 g/mol. The van der Waals surface area contributed by atoms with Gasteiger partial charge in [-0.15, -0.1) is 0 Å². The van der Waals surface area contributed by atoms with Crippen LogP contribution in [0.2, 0.25) is 0 Å². The summed E-state index contributed by atoms with van der Waals surface area (Å²) in [5.41, 5.74) is 0.728. The van der Waals surface area contributed by atoms with Crippen LogP contribution in [0.15, 0.2) is 89.7 Å². The van der Waals surface area contributed by atoms with Crippen molar-refractivity contribution in [1.29, 1.82) is 0 Å². The van der Waals surface area contributed by atoms with Gasteiger partial charge >= 0.3 is 7.60 Å². The van der Waals surface area contributed by atoms with Crippen LogP contribution in [0.4, 0.5) is 0 Å². The molecule has 5 nitrogen and oxygen atoms in total. The maximum Gasteiger partial charge on any atom is 0.413 e. The van der Waals surface area contributed by atoms with Crippen LogP contribution in [0.3, 0.4) is 0 Å². The minimum absolute atomic E-state index is 0.223. The highest BCUT2D eigenvalue weighted by atomic mass is 31.2. The van der Waals surface area contributed by atoms with Gasteiger partial charge in [0.15, 0.2) is 0 Å². The highest BCUT2D eigenvalue weighted by Crippen LogP contribution is 2.40. The van der Waals surface area contributed by atoms with E-state index in [0.717, 1.165) is 16.3 Å². The second-order valence-electron chi connectivity index (χ2n) is 6.07. The molecule has 0 aliphatic carbocycles. The molecule has 1 heterocycles. The Balaban J connectivity index is 1.69. The van der Waals surface area contributed by atoms with Crippen LogP contribution in [0.1, 0.15) is 0 Å². The van der Waals surface area contributed by atoms with E-state index in [-0.39, 0.29) is 11.1 Å². The number of hydrogen-bond acceptors (Lipinski definition) is 3. The Labute approximate surface area is 155 Å². The molecule has 27 heavy (non-hydrogen) atoms. The SMILES string of the molecule is O=c1[nH]c(-c2ccc3ccccc3c2)ccc1P(=O)(O)Oc1ccccc1. The monoisotopic (exact) mass is 377 g/mol. The van der Waals surface area contributed by atoms with Crippen LogP contribution in [-0.2, 0) is 4.57 Å². The fourth-order valence-electron chi connectivity index (χ4n) is 2.89. The van der Waals surface area contributed by atoms with Crippen LogP contribution >= 0.6 is 7.60 Å². The first-order chi connectivity index (χ1) is 13.0. The lowest BCUT2D eigenvalue weighted by atomic mass is 10.0. The molecule has 0 amide bonds. The van der Waals surface area contributed by atoms with Gasteiger partial charge < -0.3 is 14.4 Å². The highest BCUT2D eigenvalue weighted by molar-refractivity contribution is 7.61.